The Hall–Kier alpha value is -3.48. The van der Waals surface area contributed by atoms with Gasteiger partial charge in [-0.25, -0.2) is 0 Å². The number of ether oxygens (including phenoxy) is 2. The number of hydrogen-bond donors (Lipinski definition) is 1. The van der Waals surface area contributed by atoms with Crippen molar-refractivity contribution in [3.8, 4) is 28.4 Å². The van der Waals surface area contributed by atoms with Gasteiger partial charge in [0.25, 0.3) is 0 Å². The molecule has 3 rings (SSSR count). The summed E-state index contributed by atoms with van der Waals surface area (Å²) in [5.41, 5.74) is 2.42. The van der Waals surface area contributed by atoms with Crippen molar-refractivity contribution in [1.29, 1.82) is 0 Å². The van der Waals surface area contributed by atoms with Crippen LogP contribution in [0.15, 0.2) is 66.7 Å². The second-order valence-electron chi connectivity index (χ2n) is 8.64. The summed E-state index contributed by atoms with van der Waals surface area (Å²) >= 11 is 0. The number of carboxylic acid groups (broad SMARTS) is 1. The van der Waals surface area contributed by atoms with Gasteiger partial charge in [-0.2, -0.15) is 0 Å². The highest BCUT2D eigenvalue weighted by Crippen LogP contribution is 2.38. The lowest BCUT2D eigenvalue weighted by Crippen LogP contribution is -2.17. The minimum absolute atomic E-state index is 0.0344. The van der Waals surface area contributed by atoms with Gasteiger partial charge >= 0.3 is 12.3 Å². The lowest BCUT2D eigenvalue weighted by Gasteiger charge is -2.19. The van der Waals surface area contributed by atoms with E-state index >= 15 is 0 Å². The Bertz CT molecular complexity index is 1110. The van der Waals surface area contributed by atoms with E-state index in [1.807, 2.05) is 24.3 Å². The Labute approximate surface area is 190 Å². The fraction of sp³-hybridized carbons (Fsp3) is 0.269. The smallest absolute Gasteiger partial charge is 0.481 e. The number of halogens is 3. The van der Waals surface area contributed by atoms with Crippen molar-refractivity contribution in [1.82, 2.24) is 0 Å². The highest BCUT2D eigenvalue weighted by Gasteiger charge is 2.32. The molecule has 3 aromatic carbocycles. The van der Waals surface area contributed by atoms with E-state index in [1.165, 1.54) is 18.2 Å². The van der Waals surface area contributed by atoms with Crippen molar-refractivity contribution in [2.75, 3.05) is 0 Å². The Kier molecular flexibility index (Phi) is 7.01. The third kappa shape index (κ3) is 6.75. The molecule has 0 heterocycles. The Morgan fingerprint density at radius 1 is 0.909 bits per heavy atom. The number of aryl methyl sites for hydroxylation is 1. The van der Waals surface area contributed by atoms with Crippen molar-refractivity contribution < 1.29 is 32.5 Å². The molecule has 0 saturated heterocycles. The Morgan fingerprint density at radius 3 is 2.18 bits per heavy atom. The zero-order valence-corrected chi connectivity index (χ0v) is 18.6. The number of alkyl halides is 3. The van der Waals surface area contributed by atoms with Gasteiger partial charge in [-0.1, -0.05) is 63.2 Å². The van der Waals surface area contributed by atoms with Crippen LogP contribution < -0.4 is 9.47 Å². The Balaban J connectivity index is 1.99. The molecule has 174 valence electrons. The molecule has 0 fully saturated rings. The summed E-state index contributed by atoms with van der Waals surface area (Å²) in [6.45, 7) is 6.28. The summed E-state index contributed by atoms with van der Waals surface area (Å²) in [4.78, 5) is 11.1. The molecule has 0 unspecified atom stereocenters. The number of carbonyl (C=O) groups is 1. The summed E-state index contributed by atoms with van der Waals surface area (Å²) in [5.74, 6) is -0.372. The first kappa shape index (κ1) is 24.2. The number of aliphatic carboxylic acids is 1. The van der Waals surface area contributed by atoms with E-state index in [2.05, 4.69) is 25.5 Å². The van der Waals surface area contributed by atoms with Crippen molar-refractivity contribution >= 4 is 5.97 Å². The second-order valence-corrected chi connectivity index (χ2v) is 8.64. The van der Waals surface area contributed by atoms with Crippen molar-refractivity contribution in [2.24, 2.45) is 0 Å². The average molecular weight is 458 g/mol. The average Bonchev–Trinajstić information content (AvgIpc) is 2.72. The van der Waals surface area contributed by atoms with E-state index in [4.69, 9.17) is 9.84 Å². The zero-order valence-electron chi connectivity index (χ0n) is 18.6. The Morgan fingerprint density at radius 2 is 1.58 bits per heavy atom. The molecule has 0 aliphatic rings. The molecule has 7 heteroatoms. The fourth-order valence-corrected chi connectivity index (χ4v) is 3.33. The number of hydrogen-bond acceptors (Lipinski definition) is 3. The molecule has 0 atom stereocenters. The van der Waals surface area contributed by atoms with Crippen molar-refractivity contribution in [3.05, 3.63) is 77.9 Å². The van der Waals surface area contributed by atoms with E-state index in [0.29, 0.717) is 22.6 Å². The lowest BCUT2D eigenvalue weighted by molar-refractivity contribution is -0.274. The van der Waals surface area contributed by atoms with Crippen LogP contribution in [0.1, 0.15) is 38.3 Å². The molecule has 3 aromatic rings. The predicted molar refractivity (Wildman–Crippen MR) is 120 cm³/mol. The quantitative estimate of drug-likeness (QED) is 0.402. The van der Waals surface area contributed by atoms with Gasteiger partial charge < -0.3 is 14.6 Å². The number of para-hydroxylation sites is 1. The zero-order chi connectivity index (χ0) is 24.2. The van der Waals surface area contributed by atoms with Gasteiger partial charge in [0.1, 0.15) is 17.2 Å². The minimum Gasteiger partial charge on any atom is -0.481 e. The van der Waals surface area contributed by atoms with E-state index in [1.54, 1.807) is 24.3 Å². The molecule has 0 aromatic heterocycles. The van der Waals surface area contributed by atoms with Crippen LogP contribution in [0.3, 0.4) is 0 Å². The molecule has 0 bridgehead atoms. The first-order chi connectivity index (χ1) is 15.4. The molecule has 0 aliphatic carbocycles. The van der Waals surface area contributed by atoms with Crippen LogP contribution >= 0.6 is 0 Å². The largest absolute Gasteiger partial charge is 0.573 e. The second kappa shape index (κ2) is 9.57. The number of benzene rings is 3. The van der Waals surface area contributed by atoms with Gasteiger partial charge in [0, 0.05) is 12.0 Å². The lowest BCUT2D eigenvalue weighted by atomic mass is 9.87. The molecule has 0 saturated carbocycles. The van der Waals surface area contributed by atoms with E-state index in [9.17, 15) is 18.0 Å². The van der Waals surface area contributed by atoms with Crippen LogP contribution in [0.25, 0.3) is 11.1 Å². The summed E-state index contributed by atoms with van der Waals surface area (Å²) in [5, 5.41) is 9.08. The summed E-state index contributed by atoms with van der Waals surface area (Å²) in [7, 11) is 0. The minimum atomic E-state index is -4.83. The molecule has 33 heavy (non-hydrogen) atoms. The molecular weight excluding hydrogens is 433 g/mol. The van der Waals surface area contributed by atoms with Crippen molar-refractivity contribution in [3.63, 3.8) is 0 Å². The van der Waals surface area contributed by atoms with Crippen LogP contribution in [-0.4, -0.2) is 17.4 Å². The maximum atomic E-state index is 12.9. The molecule has 1 N–H and O–H groups in total. The molecular formula is C26H25F3O4. The summed E-state index contributed by atoms with van der Waals surface area (Å²) in [6, 6.07) is 18.3. The molecule has 0 aliphatic heterocycles. The first-order valence-corrected chi connectivity index (χ1v) is 10.4. The van der Waals surface area contributed by atoms with Gasteiger partial charge in [-0.05, 0) is 52.8 Å². The van der Waals surface area contributed by atoms with Crippen LogP contribution in [0.2, 0.25) is 0 Å². The maximum absolute atomic E-state index is 12.9. The topological polar surface area (TPSA) is 55.8 Å². The monoisotopic (exact) mass is 458 g/mol. The van der Waals surface area contributed by atoms with E-state index in [-0.39, 0.29) is 29.6 Å². The number of carboxylic acids is 1. The van der Waals surface area contributed by atoms with Gasteiger partial charge in [0.05, 0.1) is 0 Å². The van der Waals surface area contributed by atoms with Crippen molar-refractivity contribution in [2.45, 2.75) is 45.4 Å². The maximum Gasteiger partial charge on any atom is 0.573 e. The highest BCUT2D eigenvalue weighted by atomic mass is 19.4. The molecule has 0 amide bonds. The van der Waals surface area contributed by atoms with Gasteiger partial charge in [-0.3, -0.25) is 4.79 Å². The third-order valence-corrected chi connectivity index (χ3v) is 5.05. The van der Waals surface area contributed by atoms with Crippen LogP contribution in [0, 0.1) is 0 Å². The number of rotatable bonds is 7. The predicted octanol–water partition coefficient (Wildman–Crippen LogP) is 7.36. The summed E-state index contributed by atoms with van der Waals surface area (Å²) < 4.78 is 48.8. The van der Waals surface area contributed by atoms with Gasteiger partial charge in [0.2, 0.25) is 0 Å². The fourth-order valence-electron chi connectivity index (χ4n) is 3.33. The van der Waals surface area contributed by atoms with Gasteiger partial charge in [0.15, 0.2) is 0 Å². The van der Waals surface area contributed by atoms with Crippen LogP contribution in [0.4, 0.5) is 13.2 Å². The van der Waals surface area contributed by atoms with E-state index < -0.39 is 12.3 Å². The van der Waals surface area contributed by atoms with Crippen LogP contribution in [0.5, 0.6) is 17.2 Å². The standard InChI is InChI=1S/C26H25F3O4/c1-25(2,3)19-11-13-20(14-12-19)32-23-16-18(9-8-17(23)10-15-24(30)31)21-6-4-5-7-22(21)33-26(27,28)29/h4-9,11-14,16H,10,15H2,1-3H3,(H,30,31). The first-order valence-electron chi connectivity index (χ1n) is 10.4. The van der Waals surface area contributed by atoms with Crippen LogP contribution in [-0.2, 0) is 16.6 Å². The normalized spacial score (nSPS) is 11.8. The molecule has 0 spiro atoms. The SMILES string of the molecule is CC(C)(C)c1ccc(Oc2cc(-c3ccccc3OC(F)(F)F)ccc2CCC(=O)O)cc1. The highest BCUT2D eigenvalue weighted by molar-refractivity contribution is 5.73. The summed E-state index contributed by atoms with van der Waals surface area (Å²) in [6.07, 6.45) is -4.72. The molecule has 4 nitrogen and oxygen atoms in total. The van der Waals surface area contributed by atoms with E-state index in [0.717, 1.165) is 5.56 Å². The van der Waals surface area contributed by atoms with Gasteiger partial charge in [-0.15, -0.1) is 13.2 Å². The molecule has 0 radical (unpaired) electrons. The third-order valence-electron chi connectivity index (χ3n) is 5.05.